The molecule has 0 atom stereocenters. The smallest absolute Gasteiger partial charge is 0.257 e. The van der Waals surface area contributed by atoms with E-state index in [0.29, 0.717) is 17.1 Å². The molecule has 0 unspecified atom stereocenters. The zero-order valence-electron chi connectivity index (χ0n) is 13.4. The summed E-state index contributed by atoms with van der Waals surface area (Å²) in [4.78, 5) is 14.2. The van der Waals surface area contributed by atoms with Gasteiger partial charge in [-0.1, -0.05) is 37.3 Å². The fraction of sp³-hybridized carbons (Fsp3) is 0.278. The Bertz CT molecular complexity index is 827. The minimum Gasteiger partial charge on any atom is -0.457 e. The van der Waals surface area contributed by atoms with Crippen LogP contribution in [0.5, 0.6) is 11.5 Å². The van der Waals surface area contributed by atoms with Gasteiger partial charge in [0.1, 0.15) is 11.5 Å². The molecule has 1 fully saturated rings. The molecule has 1 saturated heterocycles. The highest BCUT2D eigenvalue weighted by Gasteiger charge is 2.39. The van der Waals surface area contributed by atoms with Gasteiger partial charge in [0.05, 0.1) is 10.8 Å². The third-order valence-electron chi connectivity index (χ3n) is 4.13. The van der Waals surface area contributed by atoms with Crippen molar-refractivity contribution < 1.29 is 17.9 Å². The van der Waals surface area contributed by atoms with Gasteiger partial charge in [0.25, 0.3) is 5.91 Å². The van der Waals surface area contributed by atoms with Gasteiger partial charge in [0.2, 0.25) is 0 Å². The lowest BCUT2D eigenvalue weighted by Crippen LogP contribution is -2.57. The Labute approximate surface area is 141 Å². The number of carbonyl (C=O) groups excluding carboxylic acids is 1. The molecule has 0 N–H and O–H groups in total. The molecule has 0 spiro atoms. The normalized spacial score (nSPS) is 15.0. The maximum Gasteiger partial charge on any atom is 0.257 e. The van der Waals surface area contributed by atoms with Gasteiger partial charge in [0.15, 0.2) is 9.84 Å². The van der Waals surface area contributed by atoms with Crippen LogP contribution >= 0.6 is 0 Å². The summed E-state index contributed by atoms with van der Waals surface area (Å²) in [6.45, 7) is 2.12. The number of hydrogen-bond acceptors (Lipinski definition) is 4. The van der Waals surface area contributed by atoms with Crippen molar-refractivity contribution in [3.05, 3.63) is 60.2 Å². The highest BCUT2D eigenvalue weighted by molar-refractivity contribution is 7.92. The Morgan fingerprint density at radius 1 is 1.08 bits per heavy atom. The molecule has 6 heteroatoms. The summed E-state index contributed by atoms with van der Waals surface area (Å²) in [6.07, 6.45) is 0. The van der Waals surface area contributed by atoms with Crippen molar-refractivity contribution in [2.45, 2.75) is 12.2 Å². The van der Waals surface area contributed by atoms with E-state index >= 15 is 0 Å². The van der Waals surface area contributed by atoms with E-state index in [4.69, 9.17) is 4.74 Å². The van der Waals surface area contributed by atoms with Gasteiger partial charge < -0.3 is 9.64 Å². The summed E-state index contributed by atoms with van der Waals surface area (Å²) in [7, 11) is -3.09. The standard InChI is InChI=1S/C18H19NO4S/c1-2-24(21,22)15-12-19(13-15)18(20)16-10-6-7-11-17(16)23-14-8-4-3-5-9-14/h3-11,15H,2,12-13H2,1H3. The van der Waals surface area contributed by atoms with Crippen molar-refractivity contribution in [1.29, 1.82) is 0 Å². The summed E-state index contributed by atoms with van der Waals surface area (Å²) < 4.78 is 29.5. The lowest BCUT2D eigenvalue weighted by atomic mass is 10.1. The number of likely N-dealkylation sites (tertiary alicyclic amines) is 1. The Morgan fingerprint density at radius 2 is 1.71 bits per heavy atom. The molecule has 2 aromatic carbocycles. The fourth-order valence-corrected chi connectivity index (χ4v) is 3.87. The number of rotatable bonds is 5. The van der Waals surface area contributed by atoms with Crippen LogP contribution in [-0.4, -0.2) is 43.3 Å². The molecule has 0 bridgehead atoms. The fourth-order valence-electron chi connectivity index (χ4n) is 2.58. The van der Waals surface area contributed by atoms with Gasteiger partial charge in [-0.25, -0.2) is 8.42 Å². The molecule has 24 heavy (non-hydrogen) atoms. The second kappa shape index (κ2) is 6.65. The quantitative estimate of drug-likeness (QED) is 0.836. The molecule has 126 valence electrons. The summed E-state index contributed by atoms with van der Waals surface area (Å²) >= 11 is 0. The molecular formula is C18H19NO4S. The first-order valence-corrected chi connectivity index (χ1v) is 9.55. The number of carbonyl (C=O) groups is 1. The van der Waals surface area contributed by atoms with Crippen LogP contribution in [0.1, 0.15) is 17.3 Å². The maximum atomic E-state index is 12.6. The second-order valence-corrected chi connectivity index (χ2v) is 8.26. The van der Waals surface area contributed by atoms with Crippen LogP contribution in [-0.2, 0) is 9.84 Å². The molecule has 0 saturated carbocycles. The summed E-state index contributed by atoms with van der Waals surface area (Å²) in [5.41, 5.74) is 0.439. The molecule has 1 amide bonds. The van der Waals surface area contributed by atoms with E-state index in [1.807, 2.05) is 30.3 Å². The van der Waals surface area contributed by atoms with E-state index in [0.717, 1.165) is 0 Å². The highest BCUT2D eigenvalue weighted by Crippen LogP contribution is 2.28. The first-order valence-electron chi connectivity index (χ1n) is 7.84. The molecule has 0 aliphatic carbocycles. The lowest BCUT2D eigenvalue weighted by molar-refractivity contribution is 0.0656. The van der Waals surface area contributed by atoms with Crippen molar-refractivity contribution in [1.82, 2.24) is 4.90 Å². The Morgan fingerprint density at radius 3 is 2.38 bits per heavy atom. The van der Waals surface area contributed by atoms with Gasteiger partial charge in [-0.05, 0) is 24.3 Å². The van der Waals surface area contributed by atoms with Crippen molar-refractivity contribution in [3.63, 3.8) is 0 Å². The number of amides is 1. The van der Waals surface area contributed by atoms with Crippen molar-refractivity contribution >= 4 is 15.7 Å². The summed E-state index contributed by atoms with van der Waals surface area (Å²) in [6, 6.07) is 16.2. The largest absolute Gasteiger partial charge is 0.457 e. The SMILES string of the molecule is CCS(=O)(=O)C1CN(C(=O)c2ccccc2Oc2ccccc2)C1. The van der Waals surface area contributed by atoms with Crippen LogP contribution in [0.2, 0.25) is 0 Å². The molecule has 3 rings (SSSR count). The molecule has 5 nitrogen and oxygen atoms in total. The van der Waals surface area contributed by atoms with Gasteiger partial charge in [-0.2, -0.15) is 0 Å². The van der Waals surface area contributed by atoms with E-state index in [1.54, 1.807) is 36.1 Å². The minimum atomic E-state index is -3.09. The predicted octanol–water partition coefficient (Wildman–Crippen LogP) is 2.74. The van der Waals surface area contributed by atoms with Gasteiger partial charge >= 0.3 is 0 Å². The molecule has 2 aromatic rings. The molecule has 0 radical (unpaired) electrons. The van der Waals surface area contributed by atoms with Crippen molar-refractivity contribution in [2.75, 3.05) is 18.8 Å². The maximum absolute atomic E-state index is 12.6. The average Bonchev–Trinajstić information content (AvgIpc) is 2.54. The number of hydrogen-bond donors (Lipinski definition) is 0. The molecular weight excluding hydrogens is 326 g/mol. The van der Waals surface area contributed by atoms with E-state index in [9.17, 15) is 13.2 Å². The number of sulfone groups is 1. The van der Waals surface area contributed by atoms with Crippen molar-refractivity contribution in [3.8, 4) is 11.5 Å². The molecule has 1 heterocycles. The monoisotopic (exact) mass is 345 g/mol. The second-order valence-electron chi connectivity index (χ2n) is 5.69. The van der Waals surface area contributed by atoms with Crippen LogP contribution in [0.4, 0.5) is 0 Å². The highest BCUT2D eigenvalue weighted by atomic mass is 32.2. The van der Waals surface area contributed by atoms with E-state index in [1.165, 1.54) is 0 Å². The number of ether oxygens (including phenoxy) is 1. The van der Waals surface area contributed by atoms with E-state index < -0.39 is 15.1 Å². The molecule has 0 aromatic heterocycles. The Balaban J connectivity index is 1.75. The van der Waals surface area contributed by atoms with E-state index in [2.05, 4.69) is 0 Å². The van der Waals surface area contributed by atoms with Crippen LogP contribution in [0, 0.1) is 0 Å². The Hall–Kier alpha value is -2.34. The van der Waals surface area contributed by atoms with Gasteiger partial charge in [-0.15, -0.1) is 0 Å². The number of para-hydroxylation sites is 2. The van der Waals surface area contributed by atoms with Gasteiger partial charge in [-0.3, -0.25) is 4.79 Å². The van der Waals surface area contributed by atoms with Crippen LogP contribution < -0.4 is 4.74 Å². The Kier molecular flexibility index (Phi) is 4.57. The zero-order valence-corrected chi connectivity index (χ0v) is 14.2. The zero-order chi connectivity index (χ0) is 17.2. The van der Waals surface area contributed by atoms with E-state index in [-0.39, 0.29) is 24.7 Å². The minimum absolute atomic E-state index is 0.105. The van der Waals surface area contributed by atoms with Gasteiger partial charge in [0, 0.05) is 18.8 Å². The van der Waals surface area contributed by atoms with Crippen molar-refractivity contribution in [2.24, 2.45) is 0 Å². The predicted molar refractivity (Wildman–Crippen MR) is 92.1 cm³/mol. The first kappa shape index (κ1) is 16.5. The lowest BCUT2D eigenvalue weighted by Gasteiger charge is -2.38. The summed E-state index contributed by atoms with van der Waals surface area (Å²) in [5, 5.41) is -0.450. The number of nitrogens with zero attached hydrogens (tertiary/aromatic N) is 1. The van der Waals surface area contributed by atoms with Crippen LogP contribution in [0.15, 0.2) is 54.6 Å². The number of benzene rings is 2. The van der Waals surface area contributed by atoms with Crippen LogP contribution in [0.25, 0.3) is 0 Å². The molecule has 1 aliphatic rings. The summed E-state index contributed by atoms with van der Waals surface area (Å²) in [5.74, 6) is 1.01. The topological polar surface area (TPSA) is 63.7 Å². The van der Waals surface area contributed by atoms with Crippen LogP contribution in [0.3, 0.4) is 0 Å². The average molecular weight is 345 g/mol. The third-order valence-corrected chi connectivity index (χ3v) is 6.25. The molecule has 1 aliphatic heterocycles. The first-order chi connectivity index (χ1) is 11.5. The third kappa shape index (κ3) is 3.28.